The van der Waals surface area contributed by atoms with Crippen LogP contribution in [0.15, 0.2) is 18.2 Å². The third kappa shape index (κ3) is 3.22. The predicted octanol–water partition coefficient (Wildman–Crippen LogP) is 2.75. The van der Waals surface area contributed by atoms with Gasteiger partial charge in [0.1, 0.15) is 0 Å². The van der Waals surface area contributed by atoms with Crippen LogP contribution in [0.1, 0.15) is 30.9 Å². The summed E-state index contributed by atoms with van der Waals surface area (Å²) in [5.74, 6) is 0. The van der Waals surface area contributed by atoms with Gasteiger partial charge in [-0.2, -0.15) is 0 Å². The van der Waals surface area contributed by atoms with Gasteiger partial charge in [0.2, 0.25) is 0 Å². The molecule has 0 saturated carbocycles. The van der Waals surface area contributed by atoms with Crippen molar-refractivity contribution in [1.82, 2.24) is 5.32 Å². The van der Waals surface area contributed by atoms with E-state index in [1.54, 1.807) is 0 Å². The van der Waals surface area contributed by atoms with E-state index in [1.165, 1.54) is 42.7 Å². The second-order valence-corrected chi connectivity index (χ2v) is 4.91. The molecule has 1 N–H and O–H groups in total. The van der Waals surface area contributed by atoms with Crippen molar-refractivity contribution in [3.05, 3.63) is 29.3 Å². The summed E-state index contributed by atoms with van der Waals surface area (Å²) in [6.07, 6.45) is 3.62. The SMILES string of the molecule is CCc1ccc(N2CCCNCCC2)cc1C. The maximum absolute atomic E-state index is 3.46. The van der Waals surface area contributed by atoms with Crippen molar-refractivity contribution in [2.45, 2.75) is 33.1 Å². The topological polar surface area (TPSA) is 15.3 Å². The average molecular weight is 232 g/mol. The summed E-state index contributed by atoms with van der Waals surface area (Å²) < 4.78 is 0. The lowest BCUT2D eigenvalue weighted by Gasteiger charge is -2.27. The summed E-state index contributed by atoms with van der Waals surface area (Å²) in [4.78, 5) is 2.54. The third-order valence-corrected chi connectivity index (χ3v) is 3.64. The van der Waals surface area contributed by atoms with Crippen molar-refractivity contribution in [2.75, 3.05) is 31.1 Å². The zero-order chi connectivity index (χ0) is 12.1. The molecule has 1 aliphatic heterocycles. The minimum Gasteiger partial charge on any atom is -0.371 e. The Morgan fingerprint density at radius 3 is 2.47 bits per heavy atom. The van der Waals surface area contributed by atoms with E-state index in [0.29, 0.717) is 0 Å². The average Bonchev–Trinajstić information content (AvgIpc) is 2.28. The number of anilines is 1. The zero-order valence-corrected chi connectivity index (χ0v) is 11.1. The van der Waals surface area contributed by atoms with Gasteiger partial charge in [0, 0.05) is 18.8 Å². The quantitative estimate of drug-likeness (QED) is 0.843. The van der Waals surface area contributed by atoms with E-state index in [-0.39, 0.29) is 0 Å². The van der Waals surface area contributed by atoms with E-state index >= 15 is 0 Å². The summed E-state index contributed by atoms with van der Waals surface area (Å²) >= 11 is 0. The van der Waals surface area contributed by atoms with Crippen LogP contribution >= 0.6 is 0 Å². The van der Waals surface area contributed by atoms with Gasteiger partial charge in [-0.05, 0) is 62.5 Å². The maximum atomic E-state index is 3.46. The largest absolute Gasteiger partial charge is 0.371 e. The first-order valence-electron chi connectivity index (χ1n) is 6.86. The molecule has 1 aromatic carbocycles. The Balaban J connectivity index is 2.11. The van der Waals surface area contributed by atoms with Crippen molar-refractivity contribution in [2.24, 2.45) is 0 Å². The van der Waals surface area contributed by atoms with Gasteiger partial charge in [-0.1, -0.05) is 13.0 Å². The number of hydrogen-bond donors (Lipinski definition) is 1. The molecule has 0 aromatic heterocycles. The second-order valence-electron chi connectivity index (χ2n) is 4.91. The minimum atomic E-state index is 1.13. The van der Waals surface area contributed by atoms with Crippen LogP contribution in [0.4, 0.5) is 5.69 Å². The van der Waals surface area contributed by atoms with Crippen LogP contribution in [0.5, 0.6) is 0 Å². The first-order valence-corrected chi connectivity index (χ1v) is 6.86. The number of nitrogens with one attached hydrogen (secondary N) is 1. The van der Waals surface area contributed by atoms with Crippen molar-refractivity contribution >= 4 is 5.69 Å². The zero-order valence-electron chi connectivity index (χ0n) is 11.1. The van der Waals surface area contributed by atoms with Crippen LogP contribution in [0.2, 0.25) is 0 Å². The van der Waals surface area contributed by atoms with Crippen LogP contribution in [-0.2, 0) is 6.42 Å². The lowest BCUT2D eigenvalue weighted by molar-refractivity contribution is 0.567. The van der Waals surface area contributed by atoms with Crippen molar-refractivity contribution in [1.29, 1.82) is 0 Å². The fraction of sp³-hybridized carbons (Fsp3) is 0.600. The van der Waals surface area contributed by atoms with Crippen molar-refractivity contribution in [3.63, 3.8) is 0 Å². The molecule has 0 atom stereocenters. The highest BCUT2D eigenvalue weighted by atomic mass is 15.1. The van der Waals surface area contributed by atoms with Gasteiger partial charge in [0.25, 0.3) is 0 Å². The molecule has 0 amide bonds. The van der Waals surface area contributed by atoms with Gasteiger partial charge in [0.05, 0.1) is 0 Å². The molecule has 2 nitrogen and oxygen atoms in total. The number of benzene rings is 1. The van der Waals surface area contributed by atoms with Gasteiger partial charge in [-0.25, -0.2) is 0 Å². The molecule has 0 bridgehead atoms. The van der Waals surface area contributed by atoms with Crippen molar-refractivity contribution < 1.29 is 0 Å². The first kappa shape index (κ1) is 12.4. The van der Waals surface area contributed by atoms with E-state index in [4.69, 9.17) is 0 Å². The molecule has 0 aliphatic carbocycles. The van der Waals surface area contributed by atoms with Crippen LogP contribution in [-0.4, -0.2) is 26.2 Å². The molecule has 1 heterocycles. The van der Waals surface area contributed by atoms with E-state index in [0.717, 1.165) is 19.5 Å². The summed E-state index contributed by atoms with van der Waals surface area (Å²) in [7, 11) is 0. The van der Waals surface area contributed by atoms with E-state index in [1.807, 2.05) is 0 Å². The summed E-state index contributed by atoms with van der Waals surface area (Å²) in [5.41, 5.74) is 4.31. The highest BCUT2D eigenvalue weighted by molar-refractivity contribution is 5.50. The van der Waals surface area contributed by atoms with E-state index in [9.17, 15) is 0 Å². The fourth-order valence-electron chi connectivity index (χ4n) is 2.56. The lowest BCUT2D eigenvalue weighted by Crippen LogP contribution is -2.33. The Morgan fingerprint density at radius 2 is 1.88 bits per heavy atom. The van der Waals surface area contributed by atoms with E-state index < -0.39 is 0 Å². The smallest absolute Gasteiger partial charge is 0.0369 e. The second kappa shape index (κ2) is 6.06. The summed E-state index contributed by atoms with van der Waals surface area (Å²) in [6, 6.07) is 6.94. The highest BCUT2D eigenvalue weighted by Crippen LogP contribution is 2.20. The Hall–Kier alpha value is -1.02. The van der Waals surface area contributed by atoms with Crippen LogP contribution in [0.3, 0.4) is 0 Å². The Morgan fingerprint density at radius 1 is 1.18 bits per heavy atom. The molecule has 0 unspecified atom stereocenters. The molecule has 1 fully saturated rings. The molecular formula is C15H24N2. The molecule has 1 saturated heterocycles. The molecule has 0 spiro atoms. The molecule has 94 valence electrons. The highest BCUT2D eigenvalue weighted by Gasteiger charge is 2.09. The van der Waals surface area contributed by atoms with Gasteiger partial charge in [-0.15, -0.1) is 0 Å². The van der Waals surface area contributed by atoms with Crippen LogP contribution in [0, 0.1) is 6.92 Å². The van der Waals surface area contributed by atoms with Crippen molar-refractivity contribution in [3.8, 4) is 0 Å². The number of aryl methyl sites for hydroxylation is 2. The fourth-order valence-corrected chi connectivity index (χ4v) is 2.56. The predicted molar refractivity (Wildman–Crippen MR) is 74.9 cm³/mol. The Kier molecular flexibility index (Phi) is 4.43. The summed E-state index contributed by atoms with van der Waals surface area (Å²) in [5, 5.41) is 3.46. The van der Waals surface area contributed by atoms with Crippen LogP contribution < -0.4 is 10.2 Å². The standard InChI is InChI=1S/C15H24N2/c1-3-14-6-7-15(12-13(14)2)17-10-4-8-16-9-5-11-17/h6-7,12,16H,3-5,8-11H2,1-2H3. The monoisotopic (exact) mass is 232 g/mol. The van der Waals surface area contributed by atoms with Gasteiger partial charge < -0.3 is 10.2 Å². The lowest BCUT2D eigenvalue weighted by atomic mass is 10.0. The van der Waals surface area contributed by atoms with Gasteiger partial charge >= 0.3 is 0 Å². The van der Waals surface area contributed by atoms with E-state index in [2.05, 4.69) is 42.3 Å². The van der Waals surface area contributed by atoms with Gasteiger partial charge in [0.15, 0.2) is 0 Å². The Bertz CT molecular complexity index is 352. The molecule has 2 rings (SSSR count). The molecule has 17 heavy (non-hydrogen) atoms. The number of rotatable bonds is 2. The molecular weight excluding hydrogens is 208 g/mol. The normalized spacial score (nSPS) is 17.6. The maximum Gasteiger partial charge on any atom is 0.0369 e. The molecule has 0 radical (unpaired) electrons. The third-order valence-electron chi connectivity index (χ3n) is 3.64. The first-order chi connectivity index (χ1) is 8.31. The molecule has 2 heteroatoms. The number of nitrogens with zero attached hydrogens (tertiary/aromatic N) is 1. The minimum absolute atomic E-state index is 1.13. The summed E-state index contributed by atoms with van der Waals surface area (Å²) in [6.45, 7) is 9.12. The number of hydrogen-bond acceptors (Lipinski definition) is 2. The Labute approximate surface area is 105 Å². The molecule has 1 aromatic rings. The van der Waals surface area contributed by atoms with Gasteiger partial charge in [-0.3, -0.25) is 0 Å². The molecule has 1 aliphatic rings. The van der Waals surface area contributed by atoms with Crippen LogP contribution in [0.25, 0.3) is 0 Å².